The molecule has 1 amide bonds. The van der Waals surface area contributed by atoms with Gasteiger partial charge in [-0.3, -0.25) is 19.8 Å². The van der Waals surface area contributed by atoms with Gasteiger partial charge in [-0.15, -0.1) is 0 Å². The van der Waals surface area contributed by atoms with E-state index in [0.717, 1.165) is 34.7 Å². The van der Waals surface area contributed by atoms with Crippen LogP contribution in [0.25, 0.3) is 0 Å². The molecule has 0 spiro atoms. The Morgan fingerprint density at radius 1 is 1.09 bits per heavy atom. The van der Waals surface area contributed by atoms with Crippen molar-refractivity contribution < 1.29 is 9.18 Å². The van der Waals surface area contributed by atoms with Crippen molar-refractivity contribution >= 4 is 17.6 Å². The fourth-order valence-electron chi connectivity index (χ4n) is 3.59. The second-order valence-electron chi connectivity index (χ2n) is 7.78. The van der Waals surface area contributed by atoms with E-state index >= 15 is 0 Å². The number of aliphatic imine (C=N–C) groups is 1. The Morgan fingerprint density at radius 2 is 1.81 bits per heavy atom. The highest BCUT2D eigenvalue weighted by Gasteiger charge is 2.13. The van der Waals surface area contributed by atoms with Gasteiger partial charge < -0.3 is 5.32 Å². The highest BCUT2D eigenvalue weighted by molar-refractivity contribution is 6.10. The van der Waals surface area contributed by atoms with Crippen molar-refractivity contribution in [2.75, 3.05) is 11.9 Å². The summed E-state index contributed by atoms with van der Waals surface area (Å²) in [7, 11) is 0. The molecule has 0 saturated carbocycles. The summed E-state index contributed by atoms with van der Waals surface area (Å²) in [5.41, 5.74) is 6.75. The minimum absolute atomic E-state index is 0.353. The molecule has 0 unspecified atom stereocenters. The predicted molar refractivity (Wildman–Crippen MR) is 127 cm³/mol. The minimum atomic E-state index is -0.387. The van der Waals surface area contributed by atoms with Gasteiger partial charge in [-0.2, -0.15) is 5.10 Å². The fraction of sp³-hybridized carbons (Fsp3) is 0.320. The third kappa shape index (κ3) is 5.41. The Balaban J connectivity index is 1.82. The van der Waals surface area contributed by atoms with Gasteiger partial charge >= 0.3 is 0 Å². The van der Waals surface area contributed by atoms with Gasteiger partial charge in [0.05, 0.1) is 5.69 Å². The molecule has 0 fully saturated rings. The number of amides is 1. The summed E-state index contributed by atoms with van der Waals surface area (Å²) in [5, 5.41) is 10.7. The van der Waals surface area contributed by atoms with Crippen molar-refractivity contribution in [2.45, 2.75) is 47.6 Å². The number of hydrogen-bond donors (Lipinski definition) is 2. The Labute approximate surface area is 188 Å². The maximum atomic E-state index is 13.2. The number of guanidine groups is 1. The van der Waals surface area contributed by atoms with Gasteiger partial charge in [0.25, 0.3) is 5.91 Å². The van der Waals surface area contributed by atoms with E-state index in [0.29, 0.717) is 24.5 Å². The summed E-state index contributed by atoms with van der Waals surface area (Å²) in [6.45, 7) is 11.5. The van der Waals surface area contributed by atoms with Crippen molar-refractivity contribution in [1.82, 2.24) is 15.1 Å². The molecule has 3 aromatic rings. The number of aryl methyl sites for hydroxylation is 3. The van der Waals surface area contributed by atoms with Gasteiger partial charge in [0, 0.05) is 30.0 Å². The number of nitrogens with one attached hydrogen (secondary N) is 2. The molecule has 0 bridgehead atoms. The molecule has 0 radical (unpaired) electrons. The second kappa shape index (κ2) is 10.2. The lowest BCUT2D eigenvalue weighted by molar-refractivity contribution is 0.0977. The molecular formula is C25H30FN5O. The summed E-state index contributed by atoms with van der Waals surface area (Å²) in [4.78, 5) is 17.4. The van der Waals surface area contributed by atoms with Crippen LogP contribution in [0.1, 0.15) is 45.4 Å². The van der Waals surface area contributed by atoms with E-state index in [9.17, 15) is 9.18 Å². The number of nitrogens with zero attached hydrogens (tertiary/aromatic N) is 3. The van der Waals surface area contributed by atoms with Crippen LogP contribution in [0.4, 0.5) is 10.1 Å². The van der Waals surface area contributed by atoms with Crippen molar-refractivity contribution in [3.63, 3.8) is 0 Å². The van der Waals surface area contributed by atoms with Gasteiger partial charge in [0.15, 0.2) is 0 Å². The monoisotopic (exact) mass is 435 g/mol. The van der Waals surface area contributed by atoms with Gasteiger partial charge in [-0.1, -0.05) is 12.1 Å². The molecule has 168 valence electrons. The number of carbonyl (C=O) groups excluding carboxylic acids is 1. The molecule has 0 atom stereocenters. The third-order valence-electron chi connectivity index (χ3n) is 5.66. The van der Waals surface area contributed by atoms with Crippen LogP contribution in [0.5, 0.6) is 0 Å². The predicted octanol–water partition coefficient (Wildman–Crippen LogP) is 4.72. The van der Waals surface area contributed by atoms with Crippen LogP contribution >= 0.6 is 0 Å². The van der Waals surface area contributed by atoms with E-state index in [-0.39, 0.29) is 11.7 Å². The summed E-state index contributed by atoms with van der Waals surface area (Å²) in [6.07, 6.45) is 0.710. The summed E-state index contributed by atoms with van der Waals surface area (Å²) < 4.78 is 15.2. The van der Waals surface area contributed by atoms with E-state index in [1.54, 1.807) is 0 Å². The summed E-state index contributed by atoms with van der Waals surface area (Å²) >= 11 is 0. The number of benzene rings is 2. The lowest BCUT2D eigenvalue weighted by atomic mass is 10.1. The highest BCUT2D eigenvalue weighted by atomic mass is 19.1. The molecule has 1 heterocycles. The van der Waals surface area contributed by atoms with E-state index < -0.39 is 0 Å². The Bertz CT molecular complexity index is 1130. The first kappa shape index (κ1) is 23.2. The Morgan fingerprint density at radius 3 is 2.47 bits per heavy atom. The largest absolute Gasteiger partial charge is 0.326 e. The van der Waals surface area contributed by atoms with Crippen LogP contribution in [-0.4, -0.2) is 28.2 Å². The smallest absolute Gasteiger partial charge is 0.257 e. The van der Waals surface area contributed by atoms with Crippen molar-refractivity contribution in [3.05, 3.63) is 81.9 Å². The number of carbonyl (C=O) groups is 1. The molecule has 0 aliphatic heterocycles. The molecule has 2 aromatic carbocycles. The number of halogens is 1. The zero-order valence-corrected chi connectivity index (χ0v) is 19.3. The molecule has 32 heavy (non-hydrogen) atoms. The fourth-order valence-corrected chi connectivity index (χ4v) is 3.59. The van der Waals surface area contributed by atoms with E-state index in [1.807, 2.05) is 43.7 Å². The van der Waals surface area contributed by atoms with Gasteiger partial charge in [-0.05, 0) is 88.1 Å². The first-order chi connectivity index (χ1) is 15.3. The lowest BCUT2D eigenvalue weighted by Crippen LogP contribution is -2.36. The molecule has 2 N–H and O–H groups in total. The SMILES string of the molecule is CCn1nc(C)c(CCN=C(NC(=O)c2ccc(F)cc2)Nc2cccc(C)c2C)c1C. The van der Waals surface area contributed by atoms with Crippen LogP contribution in [0.3, 0.4) is 0 Å². The van der Waals surface area contributed by atoms with Crippen LogP contribution in [0, 0.1) is 33.5 Å². The second-order valence-corrected chi connectivity index (χ2v) is 7.78. The average molecular weight is 436 g/mol. The maximum Gasteiger partial charge on any atom is 0.257 e. The zero-order chi connectivity index (χ0) is 23.3. The van der Waals surface area contributed by atoms with Gasteiger partial charge in [-0.25, -0.2) is 4.39 Å². The van der Waals surface area contributed by atoms with E-state index in [2.05, 4.69) is 34.6 Å². The van der Waals surface area contributed by atoms with Crippen molar-refractivity contribution in [1.29, 1.82) is 0 Å². The van der Waals surface area contributed by atoms with Crippen LogP contribution in [0.2, 0.25) is 0 Å². The lowest BCUT2D eigenvalue weighted by Gasteiger charge is -2.15. The maximum absolute atomic E-state index is 13.2. The third-order valence-corrected chi connectivity index (χ3v) is 5.66. The summed E-state index contributed by atoms with van der Waals surface area (Å²) in [6, 6.07) is 11.4. The quantitative estimate of drug-likeness (QED) is 0.435. The molecule has 0 saturated heterocycles. The van der Waals surface area contributed by atoms with E-state index in [4.69, 9.17) is 0 Å². The molecule has 0 aliphatic rings. The molecule has 0 aliphatic carbocycles. The first-order valence-electron chi connectivity index (χ1n) is 10.8. The molecule has 6 nitrogen and oxygen atoms in total. The van der Waals surface area contributed by atoms with E-state index in [1.165, 1.54) is 29.8 Å². The van der Waals surface area contributed by atoms with Gasteiger partial charge in [0.2, 0.25) is 5.96 Å². The molecule has 3 rings (SSSR count). The Hall–Kier alpha value is -3.48. The van der Waals surface area contributed by atoms with Crippen molar-refractivity contribution in [2.24, 2.45) is 4.99 Å². The number of aromatic nitrogens is 2. The standard InChI is InChI=1S/C25H30FN5O/c1-6-31-19(5)22(18(4)30-31)14-15-27-25(28-23-9-7-8-16(2)17(23)3)29-24(32)20-10-12-21(26)13-11-20/h7-13H,6,14-15H2,1-5H3,(H2,27,28,29,32). The minimum Gasteiger partial charge on any atom is -0.326 e. The topological polar surface area (TPSA) is 71.3 Å². The van der Waals surface area contributed by atoms with Crippen LogP contribution in [0.15, 0.2) is 47.5 Å². The highest BCUT2D eigenvalue weighted by Crippen LogP contribution is 2.18. The normalized spacial score (nSPS) is 11.5. The Kier molecular flexibility index (Phi) is 7.41. The van der Waals surface area contributed by atoms with Crippen LogP contribution in [-0.2, 0) is 13.0 Å². The molecule has 7 heteroatoms. The van der Waals surface area contributed by atoms with Gasteiger partial charge in [0.1, 0.15) is 5.82 Å². The molecule has 1 aromatic heterocycles. The average Bonchev–Trinajstić information content (AvgIpc) is 3.04. The van der Waals surface area contributed by atoms with Crippen molar-refractivity contribution in [3.8, 4) is 0 Å². The number of rotatable bonds is 6. The number of hydrogen-bond acceptors (Lipinski definition) is 3. The summed E-state index contributed by atoms with van der Waals surface area (Å²) in [5.74, 6) is -0.388. The van der Waals surface area contributed by atoms with Crippen LogP contribution < -0.4 is 10.6 Å². The first-order valence-corrected chi connectivity index (χ1v) is 10.8. The molecular weight excluding hydrogens is 405 g/mol. The zero-order valence-electron chi connectivity index (χ0n) is 19.3. The number of anilines is 1.